The van der Waals surface area contributed by atoms with Gasteiger partial charge >= 0.3 is 0 Å². The maximum atomic E-state index is 13.4. The van der Waals surface area contributed by atoms with Crippen molar-refractivity contribution in [1.82, 2.24) is 0 Å². The van der Waals surface area contributed by atoms with E-state index in [-0.39, 0.29) is 16.1 Å². The van der Waals surface area contributed by atoms with E-state index in [1.165, 1.54) is 13.2 Å². The van der Waals surface area contributed by atoms with Gasteiger partial charge in [-0.3, -0.25) is 0 Å². The fourth-order valence-electron chi connectivity index (χ4n) is 1.30. The Bertz CT molecular complexity index is 371. The number of methoxy groups -OCH3 is 1. The summed E-state index contributed by atoms with van der Waals surface area (Å²) in [4.78, 5) is 0. The zero-order chi connectivity index (χ0) is 11.6. The fraction of sp³-hybridized carbons (Fsp3) is 0.400. The number of hydrogen-bond acceptors (Lipinski definition) is 2. The molecule has 0 aromatic heterocycles. The summed E-state index contributed by atoms with van der Waals surface area (Å²) in [5, 5.41) is 0. The van der Waals surface area contributed by atoms with E-state index >= 15 is 0 Å². The molecule has 0 bridgehead atoms. The van der Waals surface area contributed by atoms with Crippen LogP contribution in [0.25, 0.3) is 0 Å². The van der Waals surface area contributed by atoms with E-state index in [9.17, 15) is 8.78 Å². The van der Waals surface area contributed by atoms with Crippen molar-refractivity contribution in [2.75, 3.05) is 13.7 Å². The highest BCUT2D eigenvalue weighted by Gasteiger charge is 2.20. The van der Waals surface area contributed by atoms with Crippen molar-refractivity contribution in [3.8, 4) is 5.75 Å². The van der Waals surface area contributed by atoms with Crippen molar-refractivity contribution >= 4 is 15.9 Å². The van der Waals surface area contributed by atoms with Crippen LogP contribution in [0.4, 0.5) is 8.78 Å². The van der Waals surface area contributed by atoms with Crippen molar-refractivity contribution in [3.05, 3.63) is 27.7 Å². The molecule has 1 unspecified atom stereocenters. The zero-order valence-corrected chi connectivity index (χ0v) is 10.1. The van der Waals surface area contributed by atoms with E-state index in [0.29, 0.717) is 12.1 Å². The molecular formula is C10H12BrF2NO. The molecule has 0 spiro atoms. The number of benzene rings is 1. The molecule has 2 nitrogen and oxygen atoms in total. The standard InChI is InChI=1S/C10H12BrF2NO/c1-5(4-14)6-3-7(11)8(12)9(13)10(6)15-2/h3,5H,4,14H2,1-2H3. The fourth-order valence-corrected chi connectivity index (χ4v) is 1.72. The SMILES string of the molecule is COc1c(C(C)CN)cc(Br)c(F)c1F. The van der Waals surface area contributed by atoms with Crippen molar-refractivity contribution < 1.29 is 13.5 Å². The third kappa shape index (κ3) is 2.29. The van der Waals surface area contributed by atoms with Crippen LogP contribution in [0.2, 0.25) is 0 Å². The number of nitrogens with two attached hydrogens (primary N) is 1. The highest BCUT2D eigenvalue weighted by molar-refractivity contribution is 9.10. The lowest BCUT2D eigenvalue weighted by atomic mass is 10.00. The Hall–Kier alpha value is -0.680. The largest absolute Gasteiger partial charge is 0.493 e. The molecule has 0 heterocycles. The summed E-state index contributed by atoms with van der Waals surface area (Å²) in [5.41, 5.74) is 6.04. The number of rotatable bonds is 3. The first-order valence-corrected chi connectivity index (χ1v) is 5.23. The summed E-state index contributed by atoms with van der Waals surface area (Å²) in [6.07, 6.45) is 0. The lowest BCUT2D eigenvalue weighted by Gasteiger charge is -2.15. The summed E-state index contributed by atoms with van der Waals surface area (Å²) in [7, 11) is 1.30. The van der Waals surface area contributed by atoms with Gasteiger partial charge in [0, 0.05) is 5.56 Å². The Morgan fingerprint density at radius 2 is 2.07 bits per heavy atom. The molecule has 0 amide bonds. The number of halogens is 3. The molecule has 0 aliphatic heterocycles. The van der Waals surface area contributed by atoms with Gasteiger partial charge in [-0.25, -0.2) is 4.39 Å². The first kappa shape index (κ1) is 12.4. The van der Waals surface area contributed by atoms with Crippen LogP contribution in [-0.2, 0) is 0 Å². The van der Waals surface area contributed by atoms with Crippen LogP contribution in [0.15, 0.2) is 10.5 Å². The molecule has 0 saturated heterocycles. The van der Waals surface area contributed by atoms with Gasteiger partial charge in [0.25, 0.3) is 0 Å². The first-order valence-electron chi connectivity index (χ1n) is 4.44. The Morgan fingerprint density at radius 3 is 2.53 bits per heavy atom. The van der Waals surface area contributed by atoms with E-state index in [1.54, 1.807) is 0 Å². The maximum Gasteiger partial charge on any atom is 0.202 e. The van der Waals surface area contributed by atoms with Crippen LogP contribution >= 0.6 is 15.9 Å². The molecule has 0 radical (unpaired) electrons. The van der Waals surface area contributed by atoms with Crippen molar-refractivity contribution in [3.63, 3.8) is 0 Å². The Balaban J connectivity index is 3.38. The summed E-state index contributed by atoms with van der Waals surface area (Å²) < 4.78 is 31.6. The van der Waals surface area contributed by atoms with Gasteiger partial charge in [-0.05, 0) is 34.5 Å². The molecule has 0 aliphatic rings. The molecule has 84 valence electrons. The molecule has 15 heavy (non-hydrogen) atoms. The van der Waals surface area contributed by atoms with Crippen molar-refractivity contribution in [2.24, 2.45) is 5.73 Å². The van der Waals surface area contributed by atoms with Crippen LogP contribution in [0, 0.1) is 11.6 Å². The quantitative estimate of drug-likeness (QED) is 0.864. The van der Waals surface area contributed by atoms with Crippen molar-refractivity contribution in [1.29, 1.82) is 0 Å². The molecule has 0 saturated carbocycles. The molecule has 1 aromatic carbocycles. The normalized spacial score (nSPS) is 12.7. The lowest BCUT2D eigenvalue weighted by Crippen LogP contribution is -2.11. The summed E-state index contributed by atoms with van der Waals surface area (Å²) >= 11 is 2.95. The molecule has 1 rings (SSSR count). The topological polar surface area (TPSA) is 35.2 Å². The number of ether oxygens (including phenoxy) is 1. The van der Waals surface area contributed by atoms with Crippen molar-refractivity contribution in [2.45, 2.75) is 12.8 Å². The van der Waals surface area contributed by atoms with E-state index < -0.39 is 11.6 Å². The van der Waals surface area contributed by atoms with Gasteiger partial charge in [-0.2, -0.15) is 4.39 Å². The van der Waals surface area contributed by atoms with E-state index in [0.717, 1.165) is 0 Å². The number of hydrogen-bond donors (Lipinski definition) is 1. The average molecular weight is 280 g/mol. The van der Waals surface area contributed by atoms with Gasteiger partial charge < -0.3 is 10.5 Å². The van der Waals surface area contributed by atoms with Crippen LogP contribution in [-0.4, -0.2) is 13.7 Å². The minimum absolute atomic E-state index is 0.0753. The van der Waals surface area contributed by atoms with Crippen LogP contribution in [0.3, 0.4) is 0 Å². The molecule has 1 aromatic rings. The Labute approximate surface area is 95.5 Å². The third-order valence-electron chi connectivity index (χ3n) is 2.23. The average Bonchev–Trinajstić information content (AvgIpc) is 2.24. The van der Waals surface area contributed by atoms with E-state index in [2.05, 4.69) is 15.9 Å². The highest BCUT2D eigenvalue weighted by Crippen LogP contribution is 2.34. The predicted octanol–water partition coefficient (Wildman–Crippen LogP) is 2.80. The minimum Gasteiger partial charge on any atom is -0.493 e. The second-order valence-electron chi connectivity index (χ2n) is 3.25. The van der Waals surface area contributed by atoms with Gasteiger partial charge in [-0.1, -0.05) is 6.92 Å². The first-order chi connectivity index (χ1) is 7.02. The lowest BCUT2D eigenvalue weighted by molar-refractivity contribution is 0.363. The van der Waals surface area contributed by atoms with Gasteiger partial charge in [0.05, 0.1) is 11.6 Å². The Morgan fingerprint density at radius 1 is 1.47 bits per heavy atom. The summed E-state index contributed by atoms with van der Waals surface area (Å²) in [5.74, 6) is -2.10. The zero-order valence-electron chi connectivity index (χ0n) is 8.48. The molecule has 0 fully saturated rings. The third-order valence-corrected chi connectivity index (χ3v) is 2.81. The Kier molecular flexibility index (Phi) is 4.04. The summed E-state index contributed by atoms with van der Waals surface area (Å²) in [6, 6.07) is 1.49. The summed E-state index contributed by atoms with van der Waals surface area (Å²) in [6.45, 7) is 2.16. The van der Waals surface area contributed by atoms with Crippen LogP contribution < -0.4 is 10.5 Å². The molecule has 0 aliphatic carbocycles. The second kappa shape index (κ2) is 4.90. The van der Waals surface area contributed by atoms with Gasteiger partial charge in [0.1, 0.15) is 0 Å². The van der Waals surface area contributed by atoms with Gasteiger partial charge in [-0.15, -0.1) is 0 Å². The van der Waals surface area contributed by atoms with E-state index in [1.807, 2.05) is 6.92 Å². The van der Waals surface area contributed by atoms with Crippen LogP contribution in [0.5, 0.6) is 5.75 Å². The second-order valence-corrected chi connectivity index (χ2v) is 4.10. The molecular weight excluding hydrogens is 268 g/mol. The van der Waals surface area contributed by atoms with E-state index in [4.69, 9.17) is 10.5 Å². The smallest absolute Gasteiger partial charge is 0.202 e. The predicted molar refractivity (Wildman–Crippen MR) is 58.1 cm³/mol. The highest BCUT2D eigenvalue weighted by atomic mass is 79.9. The van der Waals surface area contributed by atoms with Crippen LogP contribution in [0.1, 0.15) is 18.4 Å². The molecule has 2 N–H and O–H groups in total. The van der Waals surface area contributed by atoms with Gasteiger partial charge in [0.15, 0.2) is 11.6 Å². The monoisotopic (exact) mass is 279 g/mol. The van der Waals surface area contributed by atoms with Gasteiger partial charge in [0.2, 0.25) is 5.82 Å². The minimum atomic E-state index is -0.984. The molecule has 1 atom stereocenters. The molecule has 5 heteroatoms. The maximum absolute atomic E-state index is 13.4.